The number of nitrogens with one attached hydrogen (secondary N) is 1. The Morgan fingerprint density at radius 3 is 2.50 bits per heavy atom. The van der Waals surface area contributed by atoms with Crippen LogP contribution in [-0.4, -0.2) is 25.8 Å². The van der Waals surface area contributed by atoms with E-state index in [0.717, 1.165) is 38.6 Å². The van der Waals surface area contributed by atoms with Crippen molar-refractivity contribution < 1.29 is 4.74 Å². The van der Waals surface area contributed by atoms with Crippen LogP contribution >= 0.6 is 0 Å². The Labute approximate surface area is 101 Å². The van der Waals surface area contributed by atoms with Crippen molar-refractivity contribution in [2.45, 2.75) is 65.3 Å². The average Bonchev–Trinajstić information content (AvgIpc) is 2.25. The summed E-state index contributed by atoms with van der Waals surface area (Å²) in [5, 5.41) is 3.66. The third-order valence-electron chi connectivity index (χ3n) is 3.59. The molecule has 0 aliphatic heterocycles. The molecular formula is C14H29NO. The highest BCUT2D eigenvalue weighted by Gasteiger charge is 2.26. The van der Waals surface area contributed by atoms with Gasteiger partial charge in [-0.05, 0) is 50.5 Å². The maximum atomic E-state index is 5.47. The molecular weight excluding hydrogens is 198 g/mol. The lowest BCUT2D eigenvalue weighted by atomic mass is 9.75. The van der Waals surface area contributed by atoms with Crippen LogP contribution in [0, 0.1) is 5.41 Å². The summed E-state index contributed by atoms with van der Waals surface area (Å²) in [6, 6.07) is 0.763. The molecule has 0 aromatic rings. The minimum Gasteiger partial charge on any atom is -0.381 e. The van der Waals surface area contributed by atoms with Gasteiger partial charge >= 0.3 is 0 Å². The van der Waals surface area contributed by atoms with Crippen molar-refractivity contribution in [1.82, 2.24) is 5.32 Å². The quantitative estimate of drug-likeness (QED) is 0.673. The molecule has 0 saturated heterocycles. The van der Waals surface area contributed by atoms with Crippen LogP contribution in [0.5, 0.6) is 0 Å². The fourth-order valence-corrected chi connectivity index (χ4v) is 2.33. The molecule has 0 atom stereocenters. The van der Waals surface area contributed by atoms with Crippen molar-refractivity contribution in [3.63, 3.8) is 0 Å². The lowest BCUT2D eigenvalue weighted by Crippen LogP contribution is -2.36. The van der Waals surface area contributed by atoms with Crippen molar-refractivity contribution in [2.24, 2.45) is 5.41 Å². The van der Waals surface area contributed by atoms with Crippen LogP contribution in [0.3, 0.4) is 0 Å². The molecule has 1 aliphatic rings. The lowest BCUT2D eigenvalue weighted by molar-refractivity contribution is 0.130. The molecule has 0 spiro atoms. The maximum Gasteiger partial charge on any atom is 0.0478 e. The number of hydrogen-bond acceptors (Lipinski definition) is 2. The SMILES string of the molecule is CCCOCCCNC1CCC(C)(C)CC1. The lowest BCUT2D eigenvalue weighted by Gasteiger charge is -2.34. The van der Waals surface area contributed by atoms with E-state index in [1.54, 1.807) is 0 Å². The van der Waals surface area contributed by atoms with Crippen molar-refractivity contribution in [2.75, 3.05) is 19.8 Å². The first kappa shape index (κ1) is 14.0. The Morgan fingerprint density at radius 2 is 1.88 bits per heavy atom. The zero-order chi connectivity index (χ0) is 11.9. The summed E-state index contributed by atoms with van der Waals surface area (Å²) < 4.78 is 5.47. The van der Waals surface area contributed by atoms with Crippen LogP contribution in [0.4, 0.5) is 0 Å². The van der Waals surface area contributed by atoms with Gasteiger partial charge in [-0.1, -0.05) is 20.8 Å². The van der Waals surface area contributed by atoms with E-state index in [-0.39, 0.29) is 0 Å². The third kappa shape index (κ3) is 5.86. The van der Waals surface area contributed by atoms with Gasteiger partial charge in [0.1, 0.15) is 0 Å². The van der Waals surface area contributed by atoms with E-state index in [4.69, 9.17) is 4.74 Å². The molecule has 2 heteroatoms. The summed E-state index contributed by atoms with van der Waals surface area (Å²) in [6.07, 6.45) is 7.73. The highest BCUT2D eigenvalue weighted by Crippen LogP contribution is 2.34. The van der Waals surface area contributed by atoms with Crippen LogP contribution in [0.15, 0.2) is 0 Å². The highest BCUT2D eigenvalue weighted by molar-refractivity contribution is 4.81. The number of ether oxygens (including phenoxy) is 1. The second-order valence-electron chi connectivity index (χ2n) is 5.86. The summed E-state index contributed by atoms with van der Waals surface area (Å²) >= 11 is 0. The molecule has 0 radical (unpaired) electrons. The molecule has 0 unspecified atom stereocenters. The molecule has 0 bridgehead atoms. The van der Waals surface area contributed by atoms with E-state index in [1.807, 2.05) is 0 Å². The topological polar surface area (TPSA) is 21.3 Å². The third-order valence-corrected chi connectivity index (χ3v) is 3.59. The Balaban J connectivity index is 1.94. The van der Waals surface area contributed by atoms with Crippen molar-refractivity contribution >= 4 is 0 Å². The largest absolute Gasteiger partial charge is 0.381 e. The van der Waals surface area contributed by atoms with Gasteiger partial charge in [0.05, 0.1) is 0 Å². The molecule has 1 rings (SSSR count). The van der Waals surface area contributed by atoms with Gasteiger partial charge in [0.15, 0.2) is 0 Å². The van der Waals surface area contributed by atoms with Gasteiger partial charge in [0.25, 0.3) is 0 Å². The predicted octanol–water partition coefficient (Wildman–Crippen LogP) is 3.36. The zero-order valence-corrected chi connectivity index (χ0v) is 11.3. The van der Waals surface area contributed by atoms with Gasteiger partial charge in [-0.25, -0.2) is 0 Å². The van der Waals surface area contributed by atoms with Crippen LogP contribution in [0.1, 0.15) is 59.3 Å². The maximum absolute atomic E-state index is 5.47. The van der Waals surface area contributed by atoms with Gasteiger partial charge in [-0.3, -0.25) is 0 Å². The Morgan fingerprint density at radius 1 is 1.19 bits per heavy atom. The number of hydrogen-bond donors (Lipinski definition) is 1. The van der Waals surface area contributed by atoms with E-state index < -0.39 is 0 Å². The standard InChI is InChI=1S/C14H29NO/c1-4-11-16-12-5-10-15-13-6-8-14(2,3)9-7-13/h13,15H,4-12H2,1-3H3. The summed E-state index contributed by atoms with van der Waals surface area (Å²) in [4.78, 5) is 0. The van der Waals surface area contributed by atoms with E-state index >= 15 is 0 Å². The fourth-order valence-electron chi connectivity index (χ4n) is 2.33. The molecule has 0 aromatic carbocycles. The molecule has 0 amide bonds. The zero-order valence-electron chi connectivity index (χ0n) is 11.3. The highest BCUT2D eigenvalue weighted by atomic mass is 16.5. The minimum absolute atomic E-state index is 0.586. The van der Waals surface area contributed by atoms with Crippen molar-refractivity contribution in [3.8, 4) is 0 Å². The second kappa shape index (κ2) is 7.29. The second-order valence-corrected chi connectivity index (χ2v) is 5.86. The smallest absolute Gasteiger partial charge is 0.0478 e. The van der Waals surface area contributed by atoms with E-state index in [1.165, 1.54) is 25.7 Å². The minimum atomic E-state index is 0.586. The van der Waals surface area contributed by atoms with Gasteiger partial charge in [0, 0.05) is 19.3 Å². The molecule has 1 aliphatic carbocycles. The normalized spacial score (nSPS) is 21.2. The van der Waals surface area contributed by atoms with Gasteiger partial charge in [0.2, 0.25) is 0 Å². The molecule has 0 heterocycles. The van der Waals surface area contributed by atoms with Crippen LogP contribution in [0.2, 0.25) is 0 Å². The predicted molar refractivity (Wildman–Crippen MR) is 69.8 cm³/mol. The van der Waals surface area contributed by atoms with Crippen LogP contribution < -0.4 is 5.32 Å². The first-order valence-electron chi connectivity index (χ1n) is 6.95. The van der Waals surface area contributed by atoms with E-state index in [9.17, 15) is 0 Å². The molecule has 2 nitrogen and oxygen atoms in total. The molecule has 1 saturated carbocycles. The summed E-state index contributed by atoms with van der Waals surface area (Å²) in [7, 11) is 0. The average molecular weight is 227 g/mol. The van der Waals surface area contributed by atoms with Crippen LogP contribution in [0.25, 0.3) is 0 Å². The molecule has 1 N–H and O–H groups in total. The van der Waals surface area contributed by atoms with Crippen molar-refractivity contribution in [1.29, 1.82) is 0 Å². The Bertz CT molecular complexity index is 170. The fraction of sp³-hybridized carbons (Fsp3) is 1.00. The Kier molecular flexibility index (Phi) is 6.37. The summed E-state index contributed by atoms with van der Waals surface area (Å²) in [5.74, 6) is 0. The van der Waals surface area contributed by atoms with Gasteiger partial charge < -0.3 is 10.1 Å². The van der Waals surface area contributed by atoms with Crippen molar-refractivity contribution in [3.05, 3.63) is 0 Å². The Hall–Kier alpha value is -0.0800. The molecule has 16 heavy (non-hydrogen) atoms. The number of rotatable bonds is 7. The van der Waals surface area contributed by atoms with Gasteiger partial charge in [-0.15, -0.1) is 0 Å². The molecule has 96 valence electrons. The van der Waals surface area contributed by atoms with Gasteiger partial charge in [-0.2, -0.15) is 0 Å². The first-order valence-corrected chi connectivity index (χ1v) is 6.95. The summed E-state index contributed by atoms with van der Waals surface area (Å²) in [5.41, 5.74) is 0.586. The molecule has 1 fully saturated rings. The first-order chi connectivity index (χ1) is 7.64. The van der Waals surface area contributed by atoms with E-state index in [0.29, 0.717) is 5.41 Å². The van der Waals surface area contributed by atoms with E-state index in [2.05, 4.69) is 26.1 Å². The molecule has 0 aromatic heterocycles. The van der Waals surface area contributed by atoms with Crippen LogP contribution in [-0.2, 0) is 4.74 Å². The monoisotopic (exact) mass is 227 g/mol. The summed E-state index contributed by atoms with van der Waals surface area (Å²) in [6.45, 7) is 9.89.